The molecule has 0 spiro atoms. The molecule has 2 aliphatic rings. The number of fused-ring (bicyclic) bond motifs is 1. The van der Waals surface area contributed by atoms with Crippen molar-refractivity contribution >= 4 is 17.6 Å². The average molecular weight is 466 g/mol. The molecule has 9 nitrogen and oxygen atoms in total. The molecule has 1 saturated heterocycles. The summed E-state index contributed by atoms with van der Waals surface area (Å²) in [7, 11) is 0. The lowest BCUT2D eigenvalue weighted by Crippen LogP contribution is -2.47. The molecule has 10 heteroatoms. The zero-order chi connectivity index (χ0) is 23.5. The Balaban J connectivity index is 1.19. The Morgan fingerprint density at radius 2 is 2.09 bits per heavy atom. The molecule has 0 saturated carbocycles. The molecule has 1 aromatic heterocycles. The van der Waals surface area contributed by atoms with E-state index in [1.165, 1.54) is 18.3 Å². The molecular weight excluding hydrogens is 443 g/mol. The molecule has 2 amide bonds. The SMILES string of the molecule is O=C1Nc2cc(OCC3COC3)ccc2OC[C@@H]1NC(=O)n1cc(Cc2cccc(F)c2)cn1. The molecule has 2 aromatic carbocycles. The highest BCUT2D eigenvalue weighted by atomic mass is 19.1. The summed E-state index contributed by atoms with van der Waals surface area (Å²) in [6.07, 6.45) is 3.49. The van der Waals surface area contributed by atoms with Gasteiger partial charge in [-0.25, -0.2) is 9.18 Å². The van der Waals surface area contributed by atoms with Crippen LogP contribution in [0.15, 0.2) is 54.9 Å². The number of rotatable bonds is 6. The number of carbonyl (C=O) groups excluding carboxylic acids is 2. The molecule has 1 fully saturated rings. The van der Waals surface area contributed by atoms with Crippen LogP contribution in [0.4, 0.5) is 14.9 Å². The number of amides is 2. The number of ether oxygens (including phenoxy) is 3. The Kier molecular flexibility index (Phi) is 6.13. The summed E-state index contributed by atoms with van der Waals surface area (Å²) in [6, 6.07) is 9.92. The summed E-state index contributed by atoms with van der Waals surface area (Å²) < 4.78 is 31.1. The number of aromatic nitrogens is 2. The van der Waals surface area contributed by atoms with Crippen molar-refractivity contribution in [1.82, 2.24) is 15.1 Å². The van der Waals surface area contributed by atoms with Gasteiger partial charge in [0.25, 0.3) is 5.91 Å². The molecule has 0 unspecified atom stereocenters. The Morgan fingerprint density at radius 3 is 2.88 bits per heavy atom. The van der Waals surface area contributed by atoms with E-state index in [0.717, 1.165) is 15.8 Å². The second-order valence-electron chi connectivity index (χ2n) is 8.27. The van der Waals surface area contributed by atoms with E-state index in [4.69, 9.17) is 14.2 Å². The number of nitrogens with one attached hydrogen (secondary N) is 2. The normalized spacial score (nSPS) is 17.6. The fraction of sp³-hybridized carbons (Fsp3) is 0.292. The zero-order valence-electron chi connectivity index (χ0n) is 18.2. The molecule has 34 heavy (non-hydrogen) atoms. The van der Waals surface area contributed by atoms with Crippen LogP contribution in [-0.4, -0.2) is 54.2 Å². The Labute approximate surface area is 194 Å². The molecule has 2 N–H and O–H groups in total. The van der Waals surface area contributed by atoms with Crippen molar-refractivity contribution in [2.24, 2.45) is 5.92 Å². The van der Waals surface area contributed by atoms with Gasteiger partial charge >= 0.3 is 6.03 Å². The number of halogens is 1. The van der Waals surface area contributed by atoms with E-state index in [2.05, 4.69) is 15.7 Å². The number of carbonyl (C=O) groups is 2. The van der Waals surface area contributed by atoms with Crippen LogP contribution in [0.5, 0.6) is 11.5 Å². The first-order valence-corrected chi connectivity index (χ1v) is 10.9. The van der Waals surface area contributed by atoms with Crippen LogP contribution in [0, 0.1) is 11.7 Å². The minimum absolute atomic E-state index is 0.0401. The van der Waals surface area contributed by atoms with Crippen molar-refractivity contribution in [3.63, 3.8) is 0 Å². The second kappa shape index (κ2) is 9.52. The van der Waals surface area contributed by atoms with E-state index >= 15 is 0 Å². The minimum Gasteiger partial charge on any atom is -0.493 e. The van der Waals surface area contributed by atoms with Gasteiger partial charge in [0.05, 0.1) is 31.7 Å². The van der Waals surface area contributed by atoms with Crippen molar-refractivity contribution in [3.05, 3.63) is 71.8 Å². The van der Waals surface area contributed by atoms with E-state index in [9.17, 15) is 14.0 Å². The standard InChI is InChI=1S/C24H23FN4O5/c25-18-3-1-2-15(7-18)6-16-9-26-29(10-16)24(31)28-21-14-34-22-5-4-19(8-20(22)27-23(21)30)33-13-17-11-32-12-17/h1-5,7-10,17,21H,6,11-14H2,(H,27,30)(H,28,31)/t21-/m0/s1. The largest absolute Gasteiger partial charge is 0.493 e. The molecule has 0 bridgehead atoms. The Hall–Kier alpha value is -3.92. The maximum absolute atomic E-state index is 13.4. The molecule has 176 valence electrons. The molecule has 1 atom stereocenters. The van der Waals surface area contributed by atoms with E-state index in [-0.39, 0.29) is 12.4 Å². The molecule has 2 aliphatic heterocycles. The highest BCUT2D eigenvalue weighted by Gasteiger charge is 2.27. The van der Waals surface area contributed by atoms with Crippen LogP contribution in [0.25, 0.3) is 0 Å². The van der Waals surface area contributed by atoms with Crippen molar-refractivity contribution < 1.29 is 28.2 Å². The maximum atomic E-state index is 13.4. The number of hydrogen-bond acceptors (Lipinski definition) is 6. The van der Waals surface area contributed by atoms with Gasteiger partial charge in [-0.3, -0.25) is 4.79 Å². The highest BCUT2D eigenvalue weighted by molar-refractivity contribution is 5.99. The molecule has 0 radical (unpaired) electrons. The van der Waals surface area contributed by atoms with Gasteiger partial charge in [-0.1, -0.05) is 12.1 Å². The lowest BCUT2D eigenvalue weighted by molar-refractivity contribution is -0.118. The summed E-state index contributed by atoms with van der Waals surface area (Å²) in [5.74, 6) is 0.736. The van der Waals surface area contributed by atoms with Crippen LogP contribution >= 0.6 is 0 Å². The van der Waals surface area contributed by atoms with Crippen LogP contribution in [0.1, 0.15) is 11.1 Å². The van der Waals surface area contributed by atoms with Gasteiger partial charge in [-0.15, -0.1) is 0 Å². The van der Waals surface area contributed by atoms with Crippen molar-refractivity contribution in [1.29, 1.82) is 0 Å². The molecule has 3 aromatic rings. The number of nitrogens with zero attached hydrogens (tertiary/aromatic N) is 2. The van der Waals surface area contributed by atoms with Crippen molar-refractivity contribution in [2.45, 2.75) is 12.5 Å². The number of anilines is 1. The van der Waals surface area contributed by atoms with Gasteiger partial charge in [0, 0.05) is 24.6 Å². The van der Waals surface area contributed by atoms with E-state index in [1.807, 2.05) is 0 Å². The van der Waals surface area contributed by atoms with E-state index in [0.29, 0.717) is 49.3 Å². The monoisotopic (exact) mass is 466 g/mol. The smallest absolute Gasteiger partial charge is 0.342 e. The molecule has 5 rings (SSSR count). The van der Waals surface area contributed by atoms with E-state index in [1.54, 1.807) is 36.5 Å². The fourth-order valence-corrected chi connectivity index (χ4v) is 3.65. The van der Waals surface area contributed by atoms with Crippen molar-refractivity contribution in [3.8, 4) is 11.5 Å². The topological polar surface area (TPSA) is 104 Å². The maximum Gasteiger partial charge on any atom is 0.342 e. The van der Waals surface area contributed by atoms with Crippen LogP contribution in [-0.2, 0) is 16.0 Å². The molecule has 0 aliphatic carbocycles. The summed E-state index contributed by atoms with van der Waals surface area (Å²) in [5, 5.41) is 9.47. The summed E-state index contributed by atoms with van der Waals surface area (Å²) in [4.78, 5) is 25.4. The summed E-state index contributed by atoms with van der Waals surface area (Å²) in [6.45, 7) is 1.88. The second-order valence-corrected chi connectivity index (χ2v) is 8.27. The first kappa shape index (κ1) is 21.9. The number of hydrogen-bond donors (Lipinski definition) is 2. The zero-order valence-corrected chi connectivity index (χ0v) is 18.2. The molecular formula is C24H23FN4O5. The van der Waals surface area contributed by atoms with Gasteiger partial charge in [0.1, 0.15) is 30.0 Å². The lowest BCUT2D eigenvalue weighted by atomic mass is 10.1. The minimum atomic E-state index is -0.924. The van der Waals surface area contributed by atoms with Gasteiger partial charge in [0.15, 0.2) is 0 Å². The van der Waals surface area contributed by atoms with Gasteiger partial charge in [-0.2, -0.15) is 9.78 Å². The van der Waals surface area contributed by atoms with Gasteiger partial charge < -0.3 is 24.8 Å². The Bertz CT molecular complexity index is 1210. The van der Waals surface area contributed by atoms with Crippen LogP contribution in [0.3, 0.4) is 0 Å². The third-order valence-corrected chi connectivity index (χ3v) is 5.56. The Morgan fingerprint density at radius 1 is 1.21 bits per heavy atom. The lowest BCUT2D eigenvalue weighted by Gasteiger charge is -2.25. The quantitative estimate of drug-likeness (QED) is 0.579. The first-order chi connectivity index (χ1) is 16.5. The third kappa shape index (κ3) is 5.01. The highest BCUT2D eigenvalue weighted by Crippen LogP contribution is 2.31. The summed E-state index contributed by atoms with van der Waals surface area (Å²) >= 11 is 0. The average Bonchev–Trinajstić information content (AvgIpc) is 3.18. The van der Waals surface area contributed by atoms with E-state index < -0.39 is 18.0 Å². The van der Waals surface area contributed by atoms with Crippen LogP contribution in [0.2, 0.25) is 0 Å². The predicted octanol–water partition coefficient (Wildman–Crippen LogP) is 2.60. The van der Waals surface area contributed by atoms with Crippen LogP contribution < -0.4 is 20.1 Å². The summed E-state index contributed by atoms with van der Waals surface area (Å²) in [5.41, 5.74) is 1.97. The predicted molar refractivity (Wildman–Crippen MR) is 120 cm³/mol. The van der Waals surface area contributed by atoms with Gasteiger partial charge in [0.2, 0.25) is 0 Å². The fourth-order valence-electron chi connectivity index (χ4n) is 3.65. The van der Waals surface area contributed by atoms with Crippen molar-refractivity contribution in [2.75, 3.05) is 31.7 Å². The van der Waals surface area contributed by atoms with Gasteiger partial charge in [-0.05, 0) is 35.4 Å². The first-order valence-electron chi connectivity index (χ1n) is 10.9. The number of benzene rings is 2. The molecule has 3 heterocycles. The third-order valence-electron chi connectivity index (χ3n) is 5.56.